The van der Waals surface area contributed by atoms with Crippen molar-refractivity contribution in [3.8, 4) is 17.7 Å². The number of pyridine rings is 1. The molecule has 3 rings (SSSR count). The van der Waals surface area contributed by atoms with Gasteiger partial charge in [0, 0.05) is 23.0 Å². The third-order valence-electron chi connectivity index (χ3n) is 4.52. The Bertz CT molecular complexity index is 989. The van der Waals surface area contributed by atoms with Gasteiger partial charge in [-0.2, -0.15) is 5.26 Å². The van der Waals surface area contributed by atoms with Crippen LogP contribution in [-0.4, -0.2) is 23.1 Å². The van der Waals surface area contributed by atoms with E-state index in [1.807, 2.05) is 6.92 Å². The average Bonchev–Trinajstić information content (AvgIpc) is 2.63. The largest absolute Gasteiger partial charge is 0.496 e. The van der Waals surface area contributed by atoms with Crippen LogP contribution in [0.25, 0.3) is 0 Å². The fourth-order valence-corrected chi connectivity index (χ4v) is 3.33. The fraction of sp³-hybridized carbons (Fsp3) is 0.211. The monoisotopic (exact) mass is 350 g/mol. The fourth-order valence-electron chi connectivity index (χ4n) is 3.33. The minimum atomic E-state index is -0.668. The number of anilines is 1. The number of allylic oxidation sites excluding steroid dienone is 1. The number of nitrogens with two attached hydrogens (primary N) is 1. The van der Waals surface area contributed by atoms with Crippen molar-refractivity contribution in [2.45, 2.75) is 19.8 Å². The van der Waals surface area contributed by atoms with Gasteiger partial charge in [0.25, 0.3) is 0 Å². The van der Waals surface area contributed by atoms with Gasteiger partial charge in [-0.25, -0.2) is 4.98 Å². The normalized spacial score (nSPS) is 15.7. The van der Waals surface area contributed by atoms with Crippen LogP contribution in [0.1, 0.15) is 35.1 Å². The number of hydrogen-bond donors (Lipinski definition) is 3. The lowest BCUT2D eigenvalue weighted by molar-refractivity contribution is -0.114. The second-order valence-electron chi connectivity index (χ2n) is 6.08. The molecule has 0 saturated carbocycles. The van der Waals surface area contributed by atoms with Gasteiger partial charge in [0.1, 0.15) is 5.75 Å². The van der Waals surface area contributed by atoms with E-state index in [1.165, 1.54) is 7.11 Å². The number of nitrogens with one attached hydrogen (secondary N) is 1. The molecule has 1 aromatic carbocycles. The molecule has 0 aliphatic carbocycles. The number of ether oxygens (including phenoxy) is 1. The van der Waals surface area contributed by atoms with Crippen molar-refractivity contribution in [3.63, 3.8) is 0 Å². The highest BCUT2D eigenvalue weighted by Gasteiger charge is 2.36. The molecule has 1 aliphatic rings. The maximum Gasteiger partial charge on any atom is 0.247 e. The first-order valence-electron chi connectivity index (χ1n) is 7.93. The van der Waals surface area contributed by atoms with Crippen molar-refractivity contribution in [1.82, 2.24) is 4.98 Å². The molecular formula is C19H18N4O3. The summed E-state index contributed by atoms with van der Waals surface area (Å²) in [5, 5.41) is 22.7. The molecule has 2 heterocycles. The predicted octanol–water partition coefficient (Wildman–Crippen LogP) is 2.29. The van der Waals surface area contributed by atoms with Crippen LogP contribution >= 0.6 is 0 Å². The first kappa shape index (κ1) is 17.3. The zero-order valence-electron chi connectivity index (χ0n) is 14.6. The SMILES string of the molecule is COc1cc(C#N)ccc1[C@@H]1C(C(N)=O)=C(C)Nc2c(C)cnc(O)c21. The molecule has 0 fully saturated rings. The zero-order chi connectivity index (χ0) is 19.0. The quantitative estimate of drug-likeness (QED) is 0.781. The molecule has 0 bridgehead atoms. The number of primary amides is 1. The highest BCUT2D eigenvalue weighted by molar-refractivity contribution is 5.98. The summed E-state index contributed by atoms with van der Waals surface area (Å²) in [6.07, 6.45) is 1.55. The van der Waals surface area contributed by atoms with Crippen molar-refractivity contribution in [2.24, 2.45) is 5.73 Å². The summed E-state index contributed by atoms with van der Waals surface area (Å²) in [6.45, 7) is 3.61. The van der Waals surface area contributed by atoms with Crippen LogP contribution in [0.2, 0.25) is 0 Å². The molecule has 26 heavy (non-hydrogen) atoms. The lowest BCUT2D eigenvalue weighted by Gasteiger charge is -2.31. The van der Waals surface area contributed by atoms with Gasteiger partial charge in [-0.1, -0.05) is 6.07 Å². The number of benzene rings is 1. The topological polar surface area (TPSA) is 121 Å². The lowest BCUT2D eigenvalue weighted by atomic mass is 9.79. The van der Waals surface area contributed by atoms with E-state index in [4.69, 9.17) is 15.7 Å². The maximum absolute atomic E-state index is 12.2. The van der Waals surface area contributed by atoms with Crippen LogP contribution in [0.4, 0.5) is 5.69 Å². The number of carbonyl (C=O) groups is 1. The predicted molar refractivity (Wildman–Crippen MR) is 95.7 cm³/mol. The number of fused-ring (bicyclic) bond motifs is 1. The van der Waals surface area contributed by atoms with Crippen LogP contribution in [-0.2, 0) is 4.79 Å². The van der Waals surface area contributed by atoms with Gasteiger partial charge in [0.05, 0.1) is 35.9 Å². The maximum atomic E-state index is 12.2. The molecule has 0 unspecified atom stereocenters. The molecule has 7 heteroatoms. The highest BCUT2D eigenvalue weighted by atomic mass is 16.5. The molecule has 0 spiro atoms. The Hall–Kier alpha value is -3.53. The molecule has 0 radical (unpaired) electrons. The van der Waals surface area contributed by atoms with E-state index in [2.05, 4.69) is 16.4 Å². The second-order valence-corrected chi connectivity index (χ2v) is 6.08. The van der Waals surface area contributed by atoms with Gasteiger partial charge in [0.15, 0.2) is 0 Å². The Balaban J connectivity index is 2.36. The Kier molecular flexibility index (Phi) is 4.26. The number of methoxy groups -OCH3 is 1. The van der Waals surface area contributed by atoms with E-state index >= 15 is 0 Å². The van der Waals surface area contributed by atoms with Crippen molar-refractivity contribution < 1.29 is 14.6 Å². The summed E-state index contributed by atoms with van der Waals surface area (Å²) in [5.74, 6) is -1.05. The Morgan fingerprint density at radius 1 is 1.42 bits per heavy atom. The highest BCUT2D eigenvalue weighted by Crippen LogP contribution is 2.48. The molecular weight excluding hydrogens is 332 g/mol. The van der Waals surface area contributed by atoms with Crippen LogP contribution in [0.3, 0.4) is 0 Å². The van der Waals surface area contributed by atoms with Gasteiger partial charge in [-0.3, -0.25) is 4.79 Å². The molecule has 132 valence electrons. The third-order valence-corrected chi connectivity index (χ3v) is 4.52. The van der Waals surface area contributed by atoms with Gasteiger partial charge in [0.2, 0.25) is 11.8 Å². The minimum absolute atomic E-state index is 0.194. The number of nitriles is 1. The molecule has 0 saturated heterocycles. The summed E-state index contributed by atoms with van der Waals surface area (Å²) >= 11 is 0. The molecule has 1 aromatic heterocycles. The number of rotatable bonds is 3. The molecule has 2 aromatic rings. The van der Waals surface area contributed by atoms with Crippen LogP contribution in [0.15, 0.2) is 35.7 Å². The standard InChI is InChI=1S/C19H18N4O3/c1-9-8-22-19(25)16-15(14(18(21)24)10(2)23-17(9)16)12-5-4-11(7-20)6-13(12)26-3/h4-6,8,15,23H,1-3H3,(H2,21,24)(H,22,25)/t15-/m1/s1. The number of amides is 1. The van der Waals surface area contributed by atoms with Crippen LogP contribution in [0, 0.1) is 18.3 Å². The first-order chi connectivity index (χ1) is 12.4. The third kappa shape index (κ3) is 2.62. The number of carbonyl (C=O) groups excluding carboxylic acids is 1. The molecule has 1 amide bonds. The van der Waals surface area contributed by atoms with E-state index in [1.54, 1.807) is 31.3 Å². The zero-order valence-corrected chi connectivity index (χ0v) is 14.6. The molecule has 4 N–H and O–H groups in total. The molecule has 1 aliphatic heterocycles. The van der Waals surface area contributed by atoms with Gasteiger partial charge >= 0.3 is 0 Å². The number of hydrogen-bond acceptors (Lipinski definition) is 6. The number of aromatic nitrogens is 1. The first-order valence-corrected chi connectivity index (χ1v) is 7.93. The van der Waals surface area contributed by atoms with E-state index in [-0.39, 0.29) is 5.88 Å². The molecule has 7 nitrogen and oxygen atoms in total. The molecule has 1 atom stereocenters. The van der Waals surface area contributed by atoms with Crippen molar-refractivity contribution >= 4 is 11.6 Å². The van der Waals surface area contributed by atoms with Crippen LogP contribution < -0.4 is 15.8 Å². The van der Waals surface area contributed by atoms with E-state index in [0.29, 0.717) is 39.4 Å². The number of aromatic hydroxyl groups is 1. The van der Waals surface area contributed by atoms with E-state index < -0.39 is 11.8 Å². The lowest BCUT2D eigenvalue weighted by Crippen LogP contribution is -2.28. The minimum Gasteiger partial charge on any atom is -0.496 e. The number of aryl methyl sites for hydroxylation is 1. The van der Waals surface area contributed by atoms with Gasteiger partial charge in [-0.15, -0.1) is 0 Å². The summed E-state index contributed by atoms with van der Waals surface area (Å²) in [7, 11) is 1.48. The van der Waals surface area contributed by atoms with Gasteiger partial charge < -0.3 is 20.9 Å². The Labute approximate surface area is 150 Å². The Morgan fingerprint density at radius 3 is 2.77 bits per heavy atom. The Morgan fingerprint density at radius 2 is 2.15 bits per heavy atom. The van der Waals surface area contributed by atoms with Crippen molar-refractivity contribution in [3.05, 3.63) is 57.9 Å². The smallest absolute Gasteiger partial charge is 0.247 e. The van der Waals surface area contributed by atoms with Crippen LogP contribution in [0.5, 0.6) is 11.6 Å². The van der Waals surface area contributed by atoms with E-state index in [0.717, 1.165) is 5.56 Å². The number of nitrogens with zero attached hydrogens (tertiary/aromatic N) is 2. The van der Waals surface area contributed by atoms with E-state index in [9.17, 15) is 9.90 Å². The van der Waals surface area contributed by atoms with Gasteiger partial charge in [-0.05, 0) is 31.5 Å². The van der Waals surface area contributed by atoms with Crippen molar-refractivity contribution in [1.29, 1.82) is 5.26 Å². The second kappa shape index (κ2) is 6.41. The summed E-state index contributed by atoms with van der Waals surface area (Å²) in [6, 6.07) is 6.98. The summed E-state index contributed by atoms with van der Waals surface area (Å²) < 4.78 is 5.44. The summed E-state index contributed by atoms with van der Waals surface area (Å²) in [4.78, 5) is 16.2. The van der Waals surface area contributed by atoms with Crippen molar-refractivity contribution in [2.75, 3.05) is 12.4 Å². The average molecular weight is 350 g/mol. The summed E-state index contributed by atoms with van der Waals surface area (Å²) in [5.41, 5.74) is 9.53.